The number of hydrogen-bond donors (Lipinski definition) is 2. The molecule has 5 nitrogen and oxygen atoms in total. The third-order valence-electron chi connectivity index (χ3n) is 3.51. The number of rotatable bonds is 3. The molecule has 3 rings (SSSR count). The van der Waals surface area contributed by atoms with Crippen molar-refractivity contribution in [1.82, 2.24) is 9.88 Å². The Balaban J connectivity index is 2.06. The van der Waals surface area contributed by atoms with Crippen LogP contribution in [0.1, 0.15) is 23.3 Å². The van der Waals surface area contributed by atoms with Crippen LogP contribution in [0.15, 0.2) is 30.3 Å². The number of benzene rings is 1. The van der Waals surface area contributed by atoms with E-state index < -0.39 is 0 Å². The van der Waals surface area contributed by atoms with Crippen molar-refractivity contribution in [2.75, 3.05) is 12.5 Å². The lowest BCUT2D eigenvalue weighted by atomic mass is 10.1. The van der Waals surface area contributed by atoms with Gasteiger partial charge in [0.15, 0.2) is 0 Å². The van der Waals surface area contributed by atoms with Crippen LogP contribution in [0, 0.1) is 0 Å². The summed E-state index contributed by atoms with van der Waals surface area (Å²) in [6.07, 6.45) is 2.16. The molecule has 1 heterocycles. The zero-order chi connectivity index (χ0) is 13.4. The Bertz CT molecular complexity index is 636. The number of nitrogens with zero attached hydrogens (tertiary/aromatic N) is 2. The van der Waals surface area contributed by atoms with Gasteiger partial charge in [-0.1, -0.05) is 24.3 Å². The van der Waals surface area contributed by atoms with Gasteiger partial charge >= 0.3 is 0 Å². The number of carbonyl (C=O) groups excluding carboxylic acids is 1. The molecule has 2 aromatic rings. The molecule has 1 fully saturated rings. The summed E-state index contributed by atoms with van der Waals surface area (Å²) in [5.74, 6) is 5.98. The summed E-state index contributed by atoms with van der Waals surface area (Å²) in [5.41, 5.74) is 3.00. The van der Waals surface area contributed by atoms with E-state index in [-0.39, 0.29) is 5.91 Å². The molecule has 5 heteroatoms. The average molecular weight is 256 g/mol. The summed E-state index contributed by atoms with van der Waals surface area (Å²) in [6.45, 7) is 0. The number of aromatic nitrogens is 1. The van der Waals surface area contributed by atoms with E-state index >= 15 is 0 Å². The van der Waals surface area contributed by atoms with Gasteiger partial charge in [-0.05, 0) is 24.3 Å². The topological polar surface area (TPSA) is 71.2 Å². The summed E-state index contributed by atoms with van der Waals surface area (Å²) >= 11 is 0. The van der Waals surface area contributed by atoms with Crippen LogP contribution in [0.5, 0.6) is 0 Å². The van der Waals surface area contributed by atoms with Gasteiger partial charge in [-0.3, -0.25) is 4.79 Å². The first-order valence-corrected chi connectivity index (χ1v) is 6.34. The highest BCUT2D eigenvalue weighted by Gasteiger charge is 2.30. The van der Waals surface area contributed by atoms with Crippen molar-refractivity contribution >= 4 is 22.5 Å². The van der Waals surface area contributed by atoms with E-state index in [9.17, 15) is 4.79 Å². The minimum atomic E-state index is -0.0512. The van der Waals surface area contributed by atoms with Crippen LogP contribution in [-0.4, -0.2) is 28.9 Å². The zero-order valence-corrected chi connectivity index (χ0v) is 10.8. The fourth-order valence-corrected chi connectivity index (χ4v) is 2.23. The maximum atomic E-state index is 12.3. The van der Waals surface area contributed by atoms with Crippen LogP contribution in [0.2, 0.25) is 0 Å². The number of hydrazine groups is 1. The zero-order valence-electron chi connectivity index (χ0n) is 10.8. The van der Waals surface area contributed by atoms with Crippen molar-refractivity contribution in [3.05, 3.63) is 36.0 Å². The van der Waals surface area contributed by atoms with Gasteiger partial charge in [-0.25, -0.2) is 10.8 Å². The van der Waals surface area contributed by atoms with Crippen molar-refractivity contribution in [1.29, 1.82) is 0 Å². The molecule has 0 atom stereocenters. The van der Waals surface area contributed by atoms with Gasteiger partial charge in [0.05, 0.1) is 0 Å². The summed E-state index contributed by atoms with van der Waals surface area (Å²) in [4.78, 5) is 18.4. The number of pyridine rings is 1. The van der Waals surface area contributed by atoms with Gasteiger partial charge < -0.3 is 10.3 Å². The van der Waals surface area contributed by atoms with E-state index in [1.165, 1.54) is 0 Å². The predicted octanol–water partition coefficient (Wildman–Crippen LogP) is 1.75. The van der Waals surface area contributed by atoms with Crippen molar-refractivity contribution < 1.29 is 4.79 Å². The molecule has 0 bridgehead atoms. The second-order valence-corrected chi connectivity index (χ2v) is 4.87. The van der Waals surface area contributed by atoms with E-state index in [1.54, 1.807) is 4.90 Å². The molecular formula is C14H16N4O. The second-order valence-electron chi connectivity index (χ2n) is 4.87. The molecule has 98 valence electrons. The number of fused-ring (bicyclic) bond motifs is 1. The number of nitrogens with two attached hydrogens (primary N) is 1. The number of anilines is 1. The molecule has 1 amide bonds. The number of nitrogen functional groups attached to an aromatic ring is 1. The van der Waals surface area contributed by atoms with Gasteiger partial charge in [-0.15, -0.1) is 0 Å². The minimum absolute atomic E-state index is 0.0512. The molecule has 1 aromatic carbocycles. The molecule has 1 aliphatic carbocycles. The molecule has 1 saturated carbocycles. The molecular weight excluding hydrogens is 240 g/mol. The predicted molar refractivity (Wildman–Crippen MR) is 74.7 cm³/mol. The van der Waals surface area contributed by atoms with Gasteiger partial charge in [0.1, 0.15) is 11.5 Å². The van der Waals surface area contributed by atoms with Crippen molar-refractivity contribution in [3.63, 3.8) is 0 Å². The van der Waals surface area contributed by atoms with Gasteiger partial charge in [0.2, 0.25) is 0 Å². The Kier molecular flexibility index (Phi) is 2.83. The van der Waals surface area contributed by atoms with Crippen LogP contribution in [0.4, 0.5) is 5.82 Å². The largest absolute Gasteiger partial charge is 0.337 e. The molecule has 0 unspecified atom stereocenters. The number of hydrogen-bond acceptors (Lipinski definition) is 4. The molecule has 0 spiro atoms. The Morgan fingerprint density at radius 1 is 1.42 bits per heavy atom. The standard InChI is InChI=1S/C14H16N4O/c1-18(10-6-7-10)14(19)12-8-9-4-2-3-5-11(9)13(16-12)17-15/h2-5,8,10H,6-7,15H2,1H3,(H,16,17). The van der Waals surface area contributed by atoms with Crippen LogP contribution in [0.25, 0.3) is 10.8 Å². The summed E-state index contributed by atoms with van der Waals surface area (Å²) in [5, 5.41) is 1.87. The Hall–Kier alpha value is -2.14. The lowest BCUT2D eigenvalue weighted by molar-refractivity contribution is 0.0779. The van der Waals surface area contributed by atoms with Gasteiger partial charge in [0, 0.05) is 18.5 Å². The third kappa shape index (κ3) is 2.13. The van der Waals surface area contributed by atoms with E-state index in [1.807, 2.05) is 37.4 Å². The van der Waals surface area contributed by atoms with Crippen molar-refractivity contribution in [2.45, 2.75) is 18.9 Å². The van der Waals surface area contributed by atoms with Crippen LogP contribution >= 0.6 is 0 Å². The number of amides is 1. The maximum Gasteiger partial charge on any atom is 0.272 e. The smallest absolute Gasteiger partial charge is 0.272 e. The molecule has 0 saturated heterocycles. The monoisotopic (exact) mass is 256 g/mol. The molecule has 3 N–H and O–H groups in total. The fourth-order valence-electron chi connectivity index (χ4n) is 2.23. The molecule has 0 radical (unpaired) electrons. The van der Waals surface area contributed by atoms with Crippen LogP contribution < -0.4 is 11.3 Å². The van der Waals surface area contributed by atoms with E-state index in [2.05, 4.69) is 10.4 Å². The lowest BCUT2D eigenvalue weighted by Crippen LogP contribution is -2.29. The SMILES string of the molecule is CN(C(=O)c1cc2ccccc2c(NN)n1)C1CC1. The first-order valence-electron chi connectivity index (χ1n) is 6.34. The highest BCUT2D eigenvalue weighted by molar-refractivity contribution is 6.00. The molecule has 0 aliphatic heterocycles. The summed E-state index contributed by atoms with van der Waals surface area (Å²) in [7, 11) is 1.83. The first-order chi connectivity index (χ1) is 9.20. The van der Waals surface area contributed by atoms with Crippen LogP contribution in [0.3, 0.4) is 0 Å². The normalized spacial score (nSPS) is 14.4. The Morgan fingerprint density at radius 3 is 2.84 bits per heavy atom. The molecule has 1 aliphatic rings. The Labute approximate surface area is 111 Å². The minimum Gasteiger partial charge on any atom is -0.337 e. The number of carbonyl (C=O) groups is 1. The van der Waals surface area contributed by atoms with E-state index in [0.29, 0.717) is 17.6 Å². The number of nitrogens with one attached hydrogen (secondary N) is 1. The Morgan fingerprint density at radius 2 is 2.16 bits per heavy atom. The highest BCUT2D eigenvalue weighted by Crippen LogP contribution is 2.28. The maximum absolute atomic E-state index is 12.3. The summed E-state index contributed by atoms with van der Waals surface area (Å²) < 4.78 is 0. The molecule has 1 aromatic heterocycles. The third-order valence-corrected chi connectivity index (χ3v) is 3.51. The summed E-state index contributed by atoms with van der Waals surface area (Å²) in [6, 6.07) is 9.92. The average Bonchev–Trinajstić information content (AvgIpc) is 3.29. The fraction of sp³-hybridized carbons (Fsp3) is 0.286. The van der Waals surface area contributed by atoms with E-state index in [4.69, 9.17) is 5.84 Å². The van der Waals surface area contributed by atoms with Gasteiger partial charge in [0.25, 0.3) is 5.91 Å². The van der Waals surface area contributed by atoms with Crippen molar-refractivity contribution in [2.24, 2.45) is 5.84 Å². The van der Waals surface area contributed by atoms with Gasteiger partial charge in [-0.2, -0.15) is 0 Å². The van der Waals surface area contributed by atoms with Crippen LogP contribution in [-0.2, 0) is 0 Å². The molecule has 19 heavy (non-hydrogen) atoms. The first kappa shape index (κ1) is 11.9. The second kappa shape index (κ2) is 4.51. The quantitative estimate of drug-likeness (QED) is 0.648. The lowest BCUT2D eigenvalue weighted by Gasteiger charge is -2.16. The van der Waals surface area contributed by atoms with E-state index in [0.717, 1.165) is 23.6 Å². The van der Waals surface area contributed by atoms with Crippen molar-refractivity contribution in [3.8, 4) is 0 Å². The highest BCUT2D eigenvalue weighted by atomic mass is 16.2.